The maximum atomic E-state index is 11.6. The predicted octanol–water partition coefficient (Wildman–Crippen LogP) is 1.48. The van der Waals surface area contributed by atoms with Crippen molar-refractivity contribution in [2.75, 3.05) is 23.5 Å². The fraction of sp³-hybridized carbons (Fsp3) is 0.300. The Morgan fingerprint density at radius 2 is 1.82 bits per heavy atom. The fourth-order valence-electron chi connectivity index (χ4n) is 1.15. The van der Waals surface area contributed by atoms with Crippen LogP contribution in [0.3, 0.4) is 0 Å². The maximum absolute atomic E-state index is 11.6. The third-order valence-electron chi connectivity index (χ3n) is 1.96. The van der Waals surface area contributed by atoms with Crippen molar-refractivity contribution in [2.24, 2.45) is 0 Å². The summed E-state index contributed by atoms with van der Waals surface area (Å²) >= 11 is 2.87. The summed E-state index contributed by atoms with van der Waals surface area (Å²) in [6.07, 6.45) is 0. The molecule has 0 atom stereocenters. The van der Waals surface area contributed by atoms with Crippen LogP contribution in [0.2, 0.25) is 0 Å². The summed E-state index contributed by atoms with van der Waals surface area (Å²) in [4.78, 5) is 13.0. The lowest BCUT2D eigenvalue weighted by molar-refractivity contribution is 0.0827. The van der Waals surface area contributed by atoms with Gasteiger partial charge in [0.25, 0.3) is 5.91 Å². The Morgan fingerprint density at radius 3 is 2.24 bits per heavy atom. The summed E-state index contributed by atoms with van der Waals surface area (Å²) in [7, 11) is -0.0376. The van der Waals surface area contributed by atoms with Gasteiger partial charge in [0.05, 0.1) is 0 Å². The first-order chi connectivity index (χ1) is 7.85. The lowest BCUT2D eigenvalue weighted by Gasteiger charge is -2.11. The number of nitrogens with zero attached hydrogens (tertiary/aromatic N) is 1. The molecule has 1 rings (SSSR count). The molecule has 7 heteroatoms. The van der Waals surface area contributed by atoms with Crippen LogP contribution in [0.5, 0.6) is 0 Å². The Kier molecular flexibility index (Phi) is 4.53. The lowest BCUT2D eigenvalue weighted by Crippen LogP contribution is -2.21. The van der Waals surface area contributed by atoms with Crippen LogP contribution in [0.25, 0.3) is 0 Å². The number of carbonyl (C=O) groups excluding carboxylic acids is 1. The fourth-order valence-corrected chi connectivity index (χ4v) is 2.04. The number of hydrogen-bond donors (Lipinski definition) is 1. The van der Waals surface area contributed by atoms with Gasteiger partial charge in [0.2, 0.25) is 10.0 Å². The molecule has 0 spiro atoms. The Hall–Kier alpha value is -1.08. The summed E-state index contributed by atoms with van der Waals surface area (Å²) < 4.78 is 24.7. The molecule has 0 aliphatic heterocycles. The zero-order valence-corrected chi connectivity index (χ0v) is 11.9. The molecule has 0 saturated carbocycles. The lowest BCUT2D eigenvalue weighted by atomic mass is 10.2. The smallest absolute Gasteiger partial charge is 0.253 e. The second-order valence-corrected chi connectivity index (χ2v) is 6.63. The molecule has 0 aromatic heterocycles. The van der Waals surface area contributed by atoms with E-state index in [0.29, 0.717) is 11.3 Å². The molecule has 0 aliphatic carbocycles. The molecule has 0 aliphatic rings. The van der Waals surface area contributed by atoms with Gasteiger partial charge in [0.15, 0.2) is 0 Å². The van der Waals surface area contributed by atoms with E-state index in [4.69, 9.17) is 0 Å². The average molecular weight is 321 g/mol. The molecule has 1 aromatic carbocycles. The van der Waals surface area contributed by atoms with Crippen LogP contribution in [0.4, 0.5) is 5.69 Å². The Morgan fingerprint density at radius 1 is 1.29 bits per heavy atom. The number of amides is 1. The summed E-state index contributed by atoms with van der Waals surface area (Å²) in [6.45, 7) is 0. The van der Waals surface area contributed by atoms with E-state index >= 15 is 0 Å². The van der Waals surface area contributed by atoms with Crippen LogP contribution in [-0.2, 0) is 10.0 Å². The van der Waals surface area contributed by atoms with Gasteiger partial charge in [-0.25, -0.2) is 8.42 Å². The number of hydrogen-bond acceptors (Lipinski definition) is 3. The number of alkyl halides is 1. The van der Waals surface area contributed by atoms with E-state index < -0.39 is 10.0 Å². The van der Waals surface area contributed by atoms with Gasteiger partial charge in [0.1, 0.15) is 4.66 Å². The van der Waals surface area contributed by atoms with Gasteiger partial charge in [-0.15, -0.1) is 0 Å². The van der Waals surface area contributed by atoms with Crippen LogP contribution < -0.4 is 4.72 Å². The van der Waals surface area contributed by atoms with Crippen LogP contribution in [-0.4, -0.2) is 38.0 Å². The number of halogens is 1. The number of anilines is 1. The number of nitrogens with one attached hydrogen (secondary N) is 1. The average Bonchev–Trinajstić information content (AvgIpc) is 2.28. The van der Waals surface area contributed by atoms with Crippen molar-refractivity contribution >= 4 is 37.5 Å². The monoisotopic (exact) mass is 320 g/mol. The van der Waals surface area contributed by atoms with E-state index in [-0.39, 0.29) is 10.6 Å². The van der Waals surface area contributed by atoms with E-state index in [0.717, 1.165) is 0 Å². The van der Waals surface area contributed by atoms with Gasteiger partial charge in [-0.05, 0) is 24.3 Å². The summed E-state index contributed by atoms with van der Waals surface area (Å²) in [5, 5.41) is 0. The van der Waals surface area contributed by atoms with Crippen LogP contribution in [0, 0.1) is 0 Å². The number of sulfonamides is 1. The summed E-state index contributed by atoms with van der Waals surface area (Å²) in [5.74, 6) is -0.125. The van der Waals surface area contributed by atoms with Crippen molar-refractivity contribution in [3.05, 3.63) is 29.8 Å². The largest absolute Gasteiger partial charge is 0.345 e. The van der Waals surface area contributed by atoms with E-state index in [1.54, 1.807) is 38.4 Å². The van der Waals surface area contributed by atoms with E-state index in [9.17, 15) is 13.2 Å². The topological polar surface area (TPSA) is 66.5 Å². The minimum absolute atomic E-state index is 0.125. The summed E-state index contributed by atoms with van der Waals surface area (Å²) in [5.41, 5.74) is 0.941. The van der Waals surface area contributed by atoms with Gasteiger partial charge >= 0.3 is 0 Å². The molecule has 94 valence electrons. The second-order valence-electron chi connectivity index (χ2n) is 3.60. The quantitative estimate of drug-likeness (QED) is 0.854. The zero-order chi connectivity index (χ0) is 13.1. The number of benzene rings is 1. The van der Waals surface area contributed by atoms with Gasteiger partial charge in [-0.2, -0.15) is 0 Å². The van der Waals surface area contributed by atoms with E-state index in [2.05, 4.69) is 20.7 Å². The third-order valence-corrected chi connectivity index (χ3v) is 4.60. The molecule has 1 aromatic rings. The molecule has 0 heterocycles. The minimum Gasteiger partial charge on any atom is -0.345 e. The Balaban J connectivity index is 2.86. The molecular formula is C10H13BrN2O3S. The van der Waals surface area contributed by atoms with Crippen molar-refractivity contribution in [3.63, 3.8) is 0 Å². The van der Waals surface area contributed by atoms with Crippen molar-refractivity contribution in [3.8, 4) is 0 Å². The van der Waals surface area contributed by atoms with Crippen molar-refractivity contribution in [2.45, 2.75) is 0 Å². The molecule has 1 N–H and O–H groups in total. The molecule has 1 amide bonds. The predicted molar refractivity (Wildman–Crippen MR) is 70.8 cm³/mol. The van der Waals surface area contributed by atoms with Crippen molar-refractivity contribution in [1.29, 1.82) is 0 Å². The molecule has 0 unspecified atom stereocenters. The highest BCUT2D eigenvalue weighted by Gasteiger charge is 2.10. The first-order valence-corrected chi connectivity index (χ1v) is 7.51. The minimum atomic E-state index is -3.35. The maximum Gasteiger partial charge on any atom is 0.253 e. The highest BCUT2D eigenvalue weighted by atomic mass is 79.9. The summed E-state index contributed by atoms with van der Waals surface area (Å²) in [6, 6.07) is 6.26. The van der Waals surface area contributed by atoms with Crippen molar-refractivity contribution in [1.82, 2.24) is 4.90 Å². The molecule has 17 heavy (non-hydrogen) atoms. The first kappa shape index (κ1) is 14.0. The first-order valence-electron chi connectivity index (χ1n) is 4.74. The normalized spacial score (nSPS) is 11.0. The molecule has 0 fully saturated rings. The third kappa shape index (κ3) is 4.01. The molecule has 5 nitrogen and oxygen atoms in total. The standard InChI is InChI=1S/C10H13BrN2O3S/c1-13(2)10(14)8-3-5-9(6-4-8)12-17(15,16)7-11/h3-6,12H,7H2,1-2H3. The molecule has 0 bridgehead atoms. The molecule has 0 saturated heterocycles. The highest BCUT2D eigenvalue weighted by Crippen LogP contribution is 2.13. The zero-order valence-electron chi connectivity index (χ0n) is 9.47. The van der Waals surface area contributed by atoms with Gasteiger partial charge in [-0.1, -0.05) is 15.9 Å². The Labute approximate surface area is 109 Å². The molecular weight excluding hydrogens is 308 g/mol. The molecule has 0 radical (unpaired) electrons. The highest BCUT2D eigenvalue weighted by molar-refractivity contribution is 9.10. The van der Waals surface area contributed by atoms with Crippen LogP contribution in [0.1, 0.15) is 10.4 Å². The van der Waals surface area contributed by atoms with Gasteiger partial charge in [0, 0.05) is 25.3 Å². The van der Waals surface area contributed by atoms with Crippen LogP contribution in [0.15, 0.2) is 24.3 Å². The van der Waals surface area contributed by atoms with Crippen molar-refractivity contribution < 1.29 is 13.2 Å². The Bertz CT molecular complexity index is 497. The van der Waals surface area contributed by atoms with Gasteiger partial charge < -0.3 is 4.90 Å². The SMILES string of the molecule is CN(C)C(=O)c1ccc(NS(=O)(=O)CBr)cc1. The van der Waals surface area contributed by atoms with Crippen LogP contribution >= 0.6 is 15.9 Å². The van der Waals surface area contributed by atoms with E-state index in [1.807, 2.05) is 0 Å². The second kappa shape index (κ2) is 5.50. The van der Waals surface area contributed by atoms with E-state index in [1.165, 1.54) is 4.90 Å². The number of carbonyl (C=O) groups is 1. The number of rotatable bonds is 4. The van der Waals surface area contributed by atoms with Gasteiger partial charge in [-0.3, -0.25) is 9.52 Å².